The molecule has 0 saturated carbocycles. The van der Waals surface area contributed by atoms with Crippen LogP contribution in [0.3, 0.4) is 0 Å². The molecule has 7 nitrogen and oxygen atoms in total. The van der Waals surface area contributed by atoms with Gasteiger partial charge >= 0.3 is 0 Å². The second kappa shape index (κ2) is 14.1. The summed E-state index contributed by atoms with van der Waals surface area (Å²) in [7, 11) is -3.70. The molecule has 0 radical (unpaired) electrons. The van der Waals surface area contributed by atoms with Gasteiger partial charge in [-0.1, -0.05) is 26.0 Å². The van der Waals surface area contributed by atoms with Crippen molar-refractivity contribution in [3.05, 3.63) is 29.8 Å². The van der Waals surface area contributed by atoms with E-state index in [9.17, 15) is 8.42 Å². The maximum atomic E-state index is 11.5. The van der Waals surface area contributed by atoms with Crippen molar-refractivity contribution >= 4 is 40.0 Å². The average molecular weight is 526 g/mol. The van der Waals surface area contributed by atoms with Crippen LogP contribution in [0.1, 0.15) is 46.1 Å². The van der Waals surface area contributed by atoms with Crippen LogP contribution in [0.25, 0.3) is 0 Å². The van der Waals surface area contributed by atoms with E-state index in [1.165, 1.54) is 6.07 Å². The number of primary sulfonamides is 1. The number of rotatable bonds is 11. The van der Waals surface area contributed by atoms with Crippen molar-refractivity contribution in [1.29, 1.82) is 0 Å². The highest BCUT2D eigenvalue weighted by atomic mass is 127. The number of sulfonamides is 1. The van der Waals surface area contributed by atoms with Crippen LogP contribution in [0.2, 0.25) is 0 Å². The predicted molar refractivity (Wildman–Crippen MR) is 128 cm³/mol. The molecule has 0 aromatic heterocycles. The van der Waals surface area contributed by atoms with Gasteiger partial charge in [0.05, 0.1) is 11.4 Å². The summed E-state index contributed by atoms with van der Waals surface area (Å²) in [6.45, 7) is 13.0. The maximum Gasteiger partial charge on any atom is 0.238 e. The Kier molecular flexibility index (Phi) is 13.7. The van der Waals surface area contributed by atoms with Crippen LogP contribution in [-0.2, 0) is 16.6 Å². The molecule has 0 bridgehead atoms. The number of benzene rings is 1. The molecule has 1 unspecified atom stereocenters. The maximum absolute atomic E-state index is 11.5. The topological polar surface area (TPSA) is 99.8 Å². The van der Waals surface area contributed by atoms with Crippen molar-refractivity contribution < 1.29 is 8.42 Å². The predicted octanol–water partition coefficient (Wildman–Crippen LogP) is 2.52. The van der Waals surface area contributed by atoms with Crippen LogP contribution in [-0.4, -0.2) is 51.5 Å². The minimum atomic E-state index is -3.70. The van der Waals surface area contributed by atoms with E-state index in [0.717, 1.165) is 50.5 Å². The zero-order valence-corrected chi connectivity index (χ0v) is 20.6. The zero-order chi connectivity index (χ0) is 20.3. The number of guanidine groups is 1. The van der Waals surface area contributed by atoms with Gasteiger partial charge in [0.2, 0.25) is 10.0 Å². The summed E-state index contributed by atoms with van der Waals surface area (Å²) in [6.07, 6.45) is 2.19. The highest BCUT2D eigenvalue weighted by Gasteiger charge is 2.09. The van der Waals surface area contributed by atoms with Gasteiger partial charge < -0.3 is 15.5 Å². The first kappa shape index (κ1) is 27.1. The van der Waals surface area contributed by atoms with Gasteiger partial charge in [-0.2, -0.15) is 0 Å². The quantitative estimate of drug-likeness (QED) is 0.234. The fourth-order valence-electron chi connectivity index (χ4n) is 2.78. The van der Waals surface area contributed by atoms with Crippen molar-refractivity contribution in [3.8, 4) is 0 Å². The molecular weight excluding hydrogens is 489 g/mol. The van der Waals surface area contributed by atoms with Crippen LogP contribution in [0.5, 0.6) is 0 Å². The lowest BCUT2D eigenvalue weighted by Crippen LogP contribution is -2.42. The number of nitrogens with zero attached hydrogens (tertiary/aromatic N) is 2. The molecule has 0 aliphatic heterocycles. The molecule has 162 valence electrons. The van der Waals surface area contributed by atoms with E-state index in [1.54, 1.807) is 12.1 Å². The second-order valence-electron chi connectivity index (χ2n) is 6.60. The van der Waals surface area contributed by atoms with Crippen LogP contribution in [0.15, 0.2) is 34.2 Å². The van der Waals surface area contributed by atoms with E-state index in [-0.39, 0.29) is 28.9 Å². The Balaban J connectivity index is 0.00000729. The monoisotopic (exact) mass is 525 g/mol. The fraction of sp³-hybridized carbons (Fsp3) is 0.632. The molecule has 0 amide bonds. The number of halogens is 1. The van der Waals surface area contributed by atoms with Gasteiger partial charge in [-0.3, -0.25) is 0 Å². The summed E-state index contributed by atoms with van der Waals surface area (Å²) in [6, 6.07) is 6.88. The van der Waals surface area contributed by atoms with Crippen molar-refractivity contribution in [3.63, 3.8) is 0 Å². The van der Waals surface area contributed by atoms with Crippen molar-refractivity contribution in [1.82, 2.24) is 15.5 Å². The first-order valence-corrected chi connectivity index (χ1v) is 11.2. The summed E-state index contributed by atoms with van der Waals surface area (Å²) >= 11 is 0. The summed E-state index contributed by atoms with van der Waals surface area (Å²) in [5.74, 6) is 0.730. The largest absolute Gasteiger partial charge is 0.357 e. The third-order valence-electron chi connectivity index (χ3n) is 4.38. The Bertz CT molecular complexity index is 693. The van der Waals surface area contributed by atoms with Gasteiger partial charge in [-0.25, -0.2) is 18.5 Å². The van der Waals surface area contributed by atoms with E-state index in [1.807, 2.05) is 13.0 Å². The molecule has 0 aliphatic rings. The molecule has 0 spiro atoms. The highest BCUT2D eigenvalue weighted by molar-refractivity contribution is 14.0. The summed E-state index contributed by atoms with van der Waals surface area (Å²) in [4.78, 5) is 7.10. The minimum Gasteiger partial charge on any atom is -0.357 e. The van der Waals surface area contributed by atoms with Gasteiger partial charge in [0.15, 0.2) is 5.96 Å². The van der Waals surface area contributed by atoms with E-state index in [4.69, 9.17) is 5.14 Å². The third kappa shape index (κ3) is 10.6. The lowest BCUT2D eigenvalue weighted by atomic mass is 10.2. The molecule has 1 rings (SSSR count). The molecule has 0 saturated heterocycles. The van der Waals surface area contributed by atoms with Gasteiger partial charge in [-0.05, 0) is 64.0 Å². The molecule has 9 heteroatoms. The molecule has 0 fully saturated rings. The Morgan fingerprint density at radius 1 is 1.25 bits per heavy atom. The van der Waals surface area contributed by atoms with Crippen LogP contribution in [0.4, 0.5) is 0 Å². The molecule has 1 atom stereocenters. The number of hydrogen-bond acceptors (Lipinski definition) is 4. The third-order valence-corrected chi connectivity index (χ3v) is 5.29. The molecule has 1 aromatic rings. The van der Waals surface area contributed by atoms with Gasteiger partial charge in [0, 0.05) is 12.6 Å². The van der Waals surface area contributed by atoms with Crippen LogP contribution in [0, 0.1) is 0 Å². The molecule has 4 N–H and O–H groups in total. The molecule has 0 aliphatic carbocycles. The van der Waals surface area contributed by atoms with Crippen molar-refractivity contribution in [2.24, 2.45) is 10.1 Å². The van der Waals surface area contributed by atoms with E-state index in [0.29, 0.717) is 12.6 Å². The normalized spacial score (nSPS) is 13.1. The van der Waals surface area contributed by atoms with Crippen LogP contribution >= 0.6 is 24.0 Å². The Morgan fingerprint density at radius 3 is 2.50 bits per heavy atom. The summed E-state index contributed by atoms with van der Waals surface area (Å²) < 4.78 is 23.0. The van der Waals surface area contributed by atoms with Gasteiger partial charge in [0.1, 0.15) is 0 Å². The number of nitrogens with one attached hydrogen (secondary N) is 2. The first-order valence-electron chi connectivity index (χ1n) is 9.69. The standard InChI is InChI=1S/C19H35N5O2S.HI/c1-5-21-19(23-16(4)10-9-13-24(6-2)7-3)22-15-17-11-8-12-18(14-17)27(20,25)26;/h8,11-12,14,16H,5-7,9-10,13,15H2,1-4H3,(H2,20,25,26)(H2,21,22,23);1H. The van der Waals surface area contributed by atoms with E-state index in [2.05, 4.69) is 41.3 Å². The summed E-state index contributed by atoms with van der Waals surface area (Å²) in [5, 5.41) is 11.8. The van der Waals surface area contributed by atoms with E-state index >= 15 is 0 Å². The summed E-state index contributed by atoms with van der Waals surface area (Å²) in [5.41, 5.74) is 0.799. The Morgan fingerprint density at radius 2 is 1.93 bits per heavy atom. The molecule has 1 aromatic carbocycles. The fourth-order valence-corrected chi connectivity index (χ4v) is 3.36. The van der Waals surface area contributed by atoms with Gasteiger partial charge in [0.25, 0.3) is 0 Å². The highest BCUT2D eigenvalue weighted by Crippen LogP contribution is 2.10. The lowest BCUT2D eigenvalue weighted by molar-refractivity contribution is 0.292. The van der Waals surface area contributed by atoms with Crippen LogP contribution < -0.4 is 15.8 Å². The molecule has 0 heterocycles. The minimum absolute atomic E-state index is 0. The number of nitrogens with two attached hydrogens (primary N) is 1. The zero-order valence-electron chi connectivity index (χ0n) is 17.4. The van der Waals surface area contributed by atoms with Crippen molar-refractivity contribution in [2.45, 2.75) is 58.0 Å². The lowest BCUT2D eigenvalue weighted by Gasteiger charge is -2.21. The first-order chi connectivity index (χ1) is 12.8. The smallest absolute Gasteiger partial charge is 0.238 e. The SMILES string of the molecule is CCNC(=NCc1cccc(S(N)(=O)=O)c1)NC(C)CCCN(CC)CC.I. The van der Waals surface area contributed by atoms with Gasteiger partial charge in [-0.15, -0.1) is 24.0 Å². The number of hydrogen-bond donors (Lipinski definition) is 3. The number of aliphatic imine (C=N–C) groups is 1. The Labute approximate surface area is 187 Å². The second-order valence-corrected chi connectivity index (χ2v) is 8.16. The molecular formula is C19H36IN5O2S. The Hall–Kier alpha value is -0.910. The average Bonchev–Trinajstić information content (AvgIpc) is 2.63. The molecule has 28 heavy (non-hydrogen) atoms. The van der Waals surface area contributed by atoms with Crippen molar-refractivity contribution in [2.75, 3.05) is 26.2 Å². The van der Waals surface area contributed by atoms with E-state index < -0.39 is 10.0 Å².